The third-order valence-electron chi connectivity index (χ3n) is 2.65. The number of nitrogens with zero attached hydrogens (tertiary/aromatic N) is 1. The summed E-state index contributed by atoms with van der Waals surface area (Å²) in [6.07, 6.45) is 0.223. The van der Waals surface area contributed by atoms with Crippen molar-refractivity contribution in [3.05, 3.63) is 29.3 Å². The summed E-state index contributed by atoms with van der Waals surface area (Å²) in [6.45, 7) is 2.69. The highest BCUT2D eigenvalue weighted by molar-refractivity contribution is 6.00. The Labute approximate surface area is 98.6 Å². The number of carbonyl (C=O) groups excluding carboxylic acids is 1. The molecule has 1 aromatic carbocycles. The van der Waals surface area contributed by atoms with Crippen LogP contribution < -0.4 is 4.90 Å². The first-order chi connectivity index (χ1) is 8.09. The van der Waals surface area contributed by atoms with Gasteiger partial charge in [0.1, 0.15) is 0 Å². The molecule has 0 radical (unpaired) electrons. The lowest BCUT2D eigenvalue weighted by molar-refractivity contribution is 0.0697. The van der Waals surface area contributed by atoms with Gasteiger partial charge in [0, 0.05) is 6.54 Å². The second kappa shape index (κ2) is 4.45. The van der Waals surface area contributed by atoms with Crippen LogP contribution in [0.25, 0.3) is 0 Å². The lowest BCUT2D eigenvalue weighted by atomic mass is 10.1. The van der Waals surface area contributed by atoms with Crippen molar-refractivity contribution in [1.82, 2.24) is 0 Å². The van der Waals surface area contributed by atoms with Crippen molar-refractivity contribution in [2.45, 2.75) is 13.3 Å². The quantitative estimate of drug-likeness (QED) is 0.851. The van der Waals surface area contributed by atoms with Crippen molar-refractivity contribution >= 4 is 17.7 Å². The highest BCUT2D eigenvalue weighted by atomic mass is 16.6. The Morgan fingerprint density at radius 2 is 2.24 bits per heavy atom. The number of hydrogen-bond acceptors (Lipinski definition) is 3. The first-order valence-corrected chi connectivity index (χ1v) is 5.38. The maximum absolute atomic E-state index is 11.6. The molecule has 1 amide bonds. The van der Waals surface area contributed by atoms with Crippen LogP contribution in [-0.4, -0.2) is 30.3 Å². The minimum absolute atomic E-state index is 0.129. The van der Waals surface area contributed by atoms with E-state index in [2.05, 4.69) is 0 Å². The summed E-state index contributed by atoms with van der Waals surface area (Å²) in [5, 5.41) is 9.13. The van der Waals surface area contributed by atoms with Gasteiger partial charge in [-0.25, -0.2) is 9.59 Å². The second-order valence-electron chi connectivity index (χ2n) is 3.95. The molecule has 0 atom stereocenters. The zero-order chi connectivity index (χ0) is 12.4. The van der Waals surface area contributed by atoms with Crippen molar-refractivity contribution in [3.8, 4) is 0 Å². The summed E-state index contributed by atoms with van der Waals surface area (Å²) < 4.78 is 4.90. The first-order valence-electron chi connectivity index (χ1n) is 5.38. The first kappa shape index (κ1) is 11.4. The van der Waals surface area contributed by atoms with E-state index in [0.717, 1.165) is 5.56 Å². The zero-order valence-corrected chi connectivity index (χ0v) is 9.47. The Hall–Kier alpha value is -2.04. The molecule has 0 unspecified atom stereocenters. The summed E-state index contributed by atoms with van der Waals surface area (Å²) in [4.78, 5) is 24.1. The molecule has 2 rings (SSSR count). The average Bonchev–Trinajstić information content (AvgIpc) is 2.30. The van der Waals surface area contributed by atoms with Crippen molar-refractivity contribution in [3.63, 3.8) is 0 Å². The lowest BCUT2D eigenvalue weighted by Gasteiger charge is -2.27. The molecule has 1 N–H and O–H groups in total. The normalized spacial score (nSPS) is 15.6. The van der Waals surface area contributed by atoms with Crippen LogP contribution in [0.1, 0.15) is 22.3 Å². The third kappa shape index (κ3) is 2.22. The summed E-state index contributed by atoms with van der Waals surface area (Å²) in [5.74, 6) is -1.04. The van der Waals surface area contributed by atoms with Crippen molar-refractivity contribution in [1.29, 1.82) is 0 Å². The fourth-order valence-electron chi connectivity index (χ4n) is 1.83. The number of carboxylic acid groups (broad SMARTS) is 1. The Morgan fingerprint density at radius 1 is 1.47 bits per heavy atom. The van der Waals surface area contributed by atoms with E-state index in [1.54, 1.807) is 18.2 Å². The minimum atomic E-state index is -1.04. The number of anilines is 1. The van der Waals surface area contributed by atoms with Crippen molar-refractivity contribution in [2.24, 2.45) is 0 Å². The molecular formula is C12H13NO4. The van der Waals surface area contributed by atoms with Crippen LogP contribution in [-0.2, 0) is 4.74 Å². The lowest BCUT2D eigenvalue weighted by Crippen LogP contribution is -2.38. The predicted octanol–water partition coefficient (Wildman–Crippen LogP) is 2.04. The standard InChI is InChI=1S/C12H13NO4/c1-8-3-4-10(9(7-8)11(14)15)13-5-2-6-17-12(13)16/h3-4,7H,2,5-6H2,1H3,(H,14,15). The Bertz CT molecular complexity index is 470. The smallest absolute Gasteiger partial charge is 0.414 e. The monoisotopic (exact) mass is 235 g/mol. The number of aryl methyl sites for hydroxylation is 1. The predicted molar refractivity (Wildman–Crippen MR) is 61.4 cm³/mol. The molecule has 0 aromatic heterocycles. The molecule has 0 spiro atoms. The minimum Gasteiger partial charge on any atom is -0.478 e. The van der Waals surface area contributed by atoms with Gasteiger partial charge in [0.2, 0.25) is 0 Å². The molecule has 5 heteroatoms. The highest BCUT2D eigenvalue weighted by Crippen LogP contribution is 2.24. The SMILES string of the molecule is Cc1ccc(N2CCCOC2=O)c(C(=O)O)c1. The molecular weight excluding hydrogens is 222 g/mol. The van der Waals surface area contributed by atoms with Crippen LogP contribution >= 0.6 is 0 Å². The van der Waals surface area contributed by atoms with Gasteiger partial charge in [0.15, 0.2) is 0 Å². The van der Waals surface area contributed by atoms with Crippen molar-refractivity contribution < 1.29 is 19.4 Å². The van der Waals surface area contributed by atoms with Gasteiger partial charge < -0.3 is 9.84 Å². The van der Waals surface area contributed by atoms with E-state index in [1.165, 1.54) is 4.90 Å². The number of cyclic esters (lactones) is 1. The van der Waals surface area contributed by atoms with Crippen LogP contribution in [0.4, 0.5) is 10.5 Å². The van der Waals surface area contributed by atoms with E-state index in [9.17, 15) is 9.59 Å². The van der Waals surface area contributed by atoms with Gasteiger partial charge in [-0.3, -0.25) is 4.90 Å². The zero-order valence-electron chi connectivity index (χ0n) is 9.47. The molecule has 1 aromatic rings. The molecule has 1 aliphatic rings. The molecule has 0 saturated carbocycles. The number of ether oxygens (including phenoxy) is 1. The van der Waals surface area contributed by atoms with E-state index in [1.807, 2.05) is 6.92 Å². The second-order valence-corrected chi connectivity index (χ2v) is 3.95. The van der Waals surface area contributed by atoms with E-state index in [-0.39, 0.29) is 5.56 Å². The van der Waals surface area contributed by atoms with E-state index < -0.39 is 12.1 Å². The maximum Gasteiger partial charge on any atom is 0.414 e. The van der Waals surface area contributed by atoms with Crippen LogP contribution in [0, 0.1) is 6.92 Å². The topological polar surface area (TPSA) is 66.8 Å². The molecule has 90 valence electrons. The highest BCUT2D eigenvalue weighted by Gasteiger charge is 2.25. The maximum atomic E-state index is 11.6. The van der Waals surface area contributed by atoms with Gasteiger partial charge in [0.25, 0.3) is 0 Å². The number of amides is 1. The summed E-state index contributed by atoms with van der Waals surface area (Å²) in [7, 11) is 0. The Balaban J connectivity index is 2.43. The van der Waals surface area contributed by atoms with E-state index in [4.69, 9.17) is 9.84 Å². The van der Waals surface area contributed by atoms with Gasteiger partial charge in [-0.05, 0) is 25.5 Å². The number of benzene rings is 1. The number of aromatic carboxylic acids is 1. The van der Waals surface area contributed by atoms with Crippen molar-refractivity contribution in [2.75, 3.05) is 18.1 Å². The molecule has 0 bridgehead atoms. The summed E-state index contributed by atoms with van der Waals surface area (Å²) in [6, 6.07) is 4.98. The van der Waals surface area contributed by atoms with Gasteiger partial charge in [-0.15, -0.1) is 0 Å². The van der Waals surface area contributed by atoms with Gasteiger partial charge in [-0.2, -0.15) is 0 Å². The van der Waals surface area contributed by atoms with Crippen LogP contribution in [0.15, 0.2) is 18.2 Å². The summed E-state index contributed by atoms with van der Waals surface area (Å²) >= 11 is 0. The fraction of sp³-hybridized carbons (Fsp3) is 0.333. The van der Waals surface area contributed by atoms with Gasteiger partial charge in [-0.1, -0.05) is 11.6 Å². The molecule has 5 nitrogen and oxygen atoms in total. The summed E-state index contributed by atoms with van der Waals surface area (Å²) in [5.41, 5.74) is 1.37. The Morgan fingerprint density at radius 3 is 2.88 bits per heavy atom. The van der Waals surface area contributed by atoms with E-state index in [0.29, 0.717) is 25.3 Å². The van der Waals surface area contributed by atoms with Crippen LogP contribution in [0.5, 0.6) is 0 Å². The van der Waals surface area contributed by atoms with E-state index >= 15 is 0 Å². The molecule has 17 heavy (non-hydrogen) atoms. The molecule has 1 aliphatic heterocycles. The van der Waals surface area contributed by atoms with Crippen LogP contribution in [0.2, 0.25) is 0 Å². The Kier molecular flexibility index (Phi) is 2.99. The number of hydrogen-bond donors (Lipinski definition) is 1. The molecule has 1 saturated heterocycles. The van der Waals surface area contributed by atoms with Gasteiger partial charge in [0.05, 0.1) is 17.9 Å². The number of carboxylic acids is 1. The molecule has 0 aliphatic carbocycles. The molecule has 1 heterocycles. The largest absolute Gasteiger partial charge is 0.478 e. The average molecular weight is 235 g/mol. The number of carbonyl (C=O) groups is 2. The fourth-order valence-corrected chi connectivity index (χ4v) is 1.83. The van der Waals surface area contributed by atoms with Gasteiger partial charge >= 0.3 is 12.1 Å². The molecule has 1 fully saturated rings. The number of rotatable bonds is 2. The van der Waals surface area contributed by atoms with Crippen LogP contribution in [0.3, 0.4) is 0 Å². The third-order valence-corrected chi connectivity index (χ3v) is 2.65.